The van der Waals surface area contributed by atoms with Gasteiger partial charge in [0.05, 0.1) is 38.2 Å². The number of esters is 1. The first-order chi connectivity index (χ1) is 21.7. The van der Waals surface area contributed by atoms with E-state index in [1.54, 1.807) is 48.7 Å². The van der Waals surface area contributed by atoms with Gasteiger partial charge in [-0.15, -0.1) is 21.5 Å². The SMILES string of the molecule is CCOC(=O)c1c(NC(=O)C(C)Sc2nnc(CNC(=O)c3ccc(OC)c(OC)c3)n2-c2ccc(F)cc2)sc2c1CCC2. The number of ether oxygens (including phenoxy) is 3. The van der Waals surface area contributed by atoms with Crippen LogP contribution in [0.1, 0.15) is 57.2 Å². The molecule has 0 fully saturated rings. The predicted molar refractivity (Wildman–Crippen MR) is 168 cm³/mol. The van der Waals surface area contributed by atoms with Gasteiger partial charge >= 0.3 is 5.97 Å². The summed E-state index contributed by atoms with van der Waals surface area (Å²) in [5.41, 5.74) is 2.28. The van der Waals surface area contributed by atoms with Crippen molar-refractivity contribution in [2.45, 2.75) is 50.1 Å². The fraction of sp³-hybridized carbons (Fsp3) is 0.323. The monoisotopic (exact) mass is 653 g/mol. The van der Waals surface area contributed by atoms with Crippen molar-refractivity contribution in [3.8, 4) is 17.2 Å². The highest BCUT2D eigenvalue weighted by atomic mass is 32.2. The fourth-order valence-corrected chi connectivity index (χ4v) is 7.08. The zero-order valence-corrected chi connectivity index (χ0v) is 26.8. The van der Waals surface area contributed by atoms with Crippen LogP contribution in [0.2, 0.25) is 0 Å². The van der Waals surface area contributed by atoms with E-state index in [2.05, 4.69) is 20.8 Å². The van der Waals surface area contributed by atoms with Crippen LogP contribution in [-0.4, -0.2) is 58.6 Å². The van der Waals surface area contributed by atoms with E-state index in [9.17, 15) is 18.8 Å². The van der Waals surface area contributed by atoms with Crippen molar-refractivity contribution < 1.29 is 33.0 Å². The van der Waals surface area contributed by atoms with E-state index in [0.717, 1.165) is 41.5 Å². The molecule has 0 aliphatic heterocycles. The zero-order valence-electron chi connectivity index (χ0n) is 25.1. The lowest BCUT2D eigenvalue weighted by molar-refractivity contribution is -0.115. The maximum Gasteiger partial charge on any atom is 0.341 e. The molecule has 0 radical (unpaired) electrons. The molecule has 14 heteroatoms. The number of fused-ring (bicyclic) bond motifs is 1. The number of aryl methyl sites for hydroxylation is 1. The van der Waals surface area contributed by atoms with Gasteiger partial charge in [-0.3, -0.25) is 14.2 Å². The molecule has 11 nitrogen and oxygen atoms in total. The number of anilines is 1. The Morgan fingerprint density at radius 3 is 2.53 bits per heavy atom. The fourth-order valence-electron chi connectivity index (χ4n) is 4.92. The molecule has 1 atom stereocenters. The summed E-state index contributed by atoms with van der Waals surface area (Å²) in [5, 5.41) is 14.5. The van der Waals surface area contributed by atoms with Crippen LogP contribution in [-0.2, 0) is 28.9 Å². The van der Waals surface area contributed by atoms with Gasteiger partial charge in [0, 0.05) is 16.1 Å². The molecule has 45 heavy (non-hydrogen) atoms. The van der Waals surface area contributed by atoms with Gasteiger partial charge in [-0.1, -0.05) is 11.8 Å². The minimum Gasteiger partial charge on any atom is -0.493 e. The summed E-state index contributed by atoms with van der Waals surface area (Å²) < 4.78 is 31.3. The molecule has 1 unspecified atom stereocenters. The molecule has 1 aliphatic carbocycles. The van der Waals surface area contributed by atoms with Gasteiger partial charge < -0.3 is 24.8 Å². The predicted octanol–water partition coefficient (Wildman–Crippen LogP) is 5.20. The van der Waals surface area contributed by atoms with Crippen LogP contribution in [0.5, 0.6) is 11.5 Å². The Bertz CT molecular complexity index is 1720. The molecule has 2 amide bonds. The summed E-state index contributed by atoms with van der Waals surface area (Å²) in [7, 11) is 2.99. The van der Waals surface area contributed by atoms with E-state index in [-0.39, 0.29) is 25.0 Å². The Labute approximate surface area is 267 Å². The first-order valence-electron chi connectivity index (χ1n) is 14.2. The molecular weight excluding hydrogens is 622 g/mol. The Kier molecular flexibility index (Phi) is 10.0. The highest BCUT2D eigenvalue weighted by Gasteiger charge is 2.30. The number of aromatic nitrogens is 3. The van der Waals surface area contributed by atoms with Crippen molar-refractivity contribution in [1.29, 1.82) is 0 Å². The van der Waals surface area contributed by atoms with E-state index in [0.29, 0.717) is 44.3 Å². The van der Waals surface area contributed by atoms with Gasteiger partial charge in [0.1, 0.15) is 10.8 Å². The quantitative estimate of drug-likeness (QED) is 0.156. The van der Waals surface area contributed by atoms with Gasteiger partial charge in [-0.2, -0.15) is 0 Å². The number of rotatable bonds is 12. The lowest BCUT2D eigenvalue weighted by atomic mass is 10.1. The highest BCUT2D eigenvalue weighted by molar-refractivity contribution is 8.00. The van der Waals surface area contributed by atoms with Crippen LogP contribution >= 0.6 is 23.1 Å². The molecule has 2 aromatic heterocycles. The summed E-state index contributed by atoms with van der Waals surface area (Å²) in [4.78, 5) is 40.2. The number of benzene rings is 2. The molecule has 236 valence electrons. The zero-order chi connectivity index (χ0) is 32.1. The standard InChI is InChI=1S/C31H32FN5O6S2/c1-5-43-30(40)26-21-7-6-8-24(21)45-29(26)34-27(38)17(2)44-31-36-35-25(37(31)20-12-10-19(32)11-13-20)16-33-28(39)18-9-14-22(41-3)23(15-18)42-4/h9-15,17H,5-8,16H2,1-4H3,(H,33,39)(H,34,38). The van der Waals surface area contributed by atoms with Crippen molar-refractivity contribution in [3.05, 3.63) is 75.7 Å². The third-order valence-electron chi connectivity index (χ3n) is 7.13. The molecule has 5 rings (SSSR count). The molecule has 0 saturated carbocycles. The summed E-state index contributed by atoms with van der Waals surface area (Å²) in [6.07, 6.45) is 2.59. The topological polar surface area (TPSA) is 134 Å². The van der Waals surface area contributed by atoms with Crippen LogP contribution in [0.15, 0.2) is 47.6 Å². The first-order valence-corrected chi connectivity index (χ1v) is 15.9. The molecule has 0 saturated heterocycles. The van der Waals surface area contributed by atoms with Gasteiger partial charge in [0.25, 0.3) is 5.91 Å². The number of nitrogens with one attached hydrogen (secondary N) is 2. The number of hydrogen-bond acceptors (Lipinski definition) is 10. The Morgan fingerprint density at radius 2 is 1.82 bits per heavy atom. The minimum absolute atomic E-state index is 0.0116. The Morgan fingerprint density at radius 1 is 1.07 bits per heavy atom. The van der Waals surface area contributed by atoms with Gasteiger partial charge in [0.2, 0.25) is 5.91 Å². The molecule has 0 spiro atoms. The van der Waals surface area contributed by atoms with E-state index in [1.807, 2.05) is 0 Å². The van der Waals surface area contributed by atoms with Gasteiger partial charge in [-0.25, -0.2) is 9.18 Å². The van der Waals surface area contributed by atoms with Gasteiger partial charge in [0.15, 0.2) is 22.5 Å². The van der Waals surface area contributed by atoms with Crippen LogP contribution in [0.3, 0.4) is 0 Å². The average Bonchev–Trinajstić information content (AvgIpc) is 3.74. The second kappa shape index (κ2) is 14.1. The number of hydrogen-bond donors (Lipinski definition) is 2. The first kappa shape index (κ1) is 32.0. The number of nitrogens with zero attached hydrogens (tertiary/aromatic N) is 3. The second-order valence-corrected chi connectivity index (χ2v) is 12.4. The number of thiophene rings is 1. The summed E-state index contributed by atoms with van der Waals surface area (Å²) in [6.45, 7) is 3.68. The molecule has 4 aromatic rings. The van der Waals surface area contributed by atoms with Crippen molar-refractivity contribution >= 4 is 45.9 Å². The number of carbonyl (C=O) groups is 3. The van der Waals surface area contributed by atoms with Crippen LogP contribution in [0.4, 0.5) is 9.39 Å². The molecular formula is C31H32FN5O6S2. The highest BCUT2D eigenvalue weighted by Crippen LogP contribution is 2.40. The third kappa shape index (κ3) is 6.96. The maximum atomic E-state index is 13.8. The number of amides is 2. The van der Waals surface area contributed by atoms with E-state index in [4.69, 9.17) is 14.2 Å². The molecule has 1 aliphatic rings. The number of methoxy groups -OCH3 is 2. The number of thioether (sulfide) groups is 1. The lowest BCUT2D eigenvalue weighted by Gasteiger charge is -2.15. The van der Waals surface area contributed by atoms with E-state index in [1.165, 1.54) is 37.7 Å². The number of halogens is 1. The molecule has 2 N–H and O–H groups in total. The largest absolute Gasteiger partial charge is 0.493 e. The molecule has 2 heterocycles. The van der Waals surface area contributed by atoms with Crippen LogP contribution in [0, 0.1) is 5.82 Å². The smallest absolute Gasteiger partial charge is 0.341 e. The van der Waals surface area contributed by atoms with Crippen LogP contribution in [0.25, 0.3) is 5.69 Å². The van der Waals surface area contributed by atoms with Gasteiger partial charge in [-0.05, 0) is 81.1 Å². The minimum atomic E-state index is -0.658. The van der Waals surface area contributed by atoms with Crippen molar-refractivity contribution in [2.24, 2.45) is 0 Å². The van der Waals surface area contributed by atoms with Crippen LogP contribution < -0.4 is 20.1 Å². The second-order valence-electron chi connectivity index (χ2n) is 9.99. The third-order valence-corrected chi connectivity index (χ3v) is 9.38. The molecule has 2 aromatic carbocycles. The normalized spacial score (nSPS) is 12.7. The van der Waals surface area contributed by atoms with Crippen molar-refractivity contribution in [2.75, 3.05) is 26.1 Å². The maximum absolute atomic E-state index is 13.8. The van der Waals surface area contributed by atoms with Crippen molar-refractivity contribution in [1.82, 2.24) is 20.1 Å². The lowest BCUT2D eigenvalue weighted by Crippen LogP contribution is -2.25. The van der Waals surface area contributed by atoms with E-state index >= 15 is 0 Å². The summed E-state index contributed by atoms with van der Waals surface area (Å²) in [6, 6.07) is 10.5. The van der Waals surface area contributed by atoms with Crippen molar-refractivity contribution in [3.63, 3.8) is 0 Å². The Hall–Kier alpha value is -4.43. The average molecular weight is 654 g/mol. The molecule has 0 bridgehead atoms. The van der Waals surface area contributed by atoms with E-state index < -0.39 is 17.0 Å². The Balaban J connectivity index is 1.35. The number of carbonyl (C=O) groups excluding carboxylic acids is 3. The summed E-state index contributed by atoms with van der Waals surface area (Å²) >= 11 is 2.55. The summed E-state index contributed by atoms with van der Waals surface area (Å²) in [5.74, 6) is -0.308.